The quantitative estimate of drug-likeness (QED) is 0.438. The van der Waals surface area contributed by atoms with Crippen molar-refractivity contribution in [2.45, 2.75) is 12.5 Å². The maximum absolute atomic E-state index is 12.5. The molecule has 2 aromatic heterocycles. The summed E-state index contributed by atoms with van der Waals surface area (Å²) in [6.45, 7) is 1.75. The number of aromatic nitrogens is 3. The summed E-state index contributed by atoms with van der Waals surface area (Å²) in [5.74, 6) is 0.281. The summed E-state index contributed by atoms with van der Waals surface area (Å²) in [5.41, 5.74) is 8.98. The van der Waals surface area contributed by atoms with Crippen LogP contribution in [0.4, 0.5) is 5.69 Å². The molecule has 0 radical (unpaired) electrons. The summed E-state index contributed by atoms with van der Waals surface area (Å²) in [6.07, 6.45) is 0.976. The first kappa shape index (κ1) is 15.9. The Bertz CT molecular complexity index is 1230. The zero-order valence-corrected chi connectivity index (χ0v) is 14.6. The lowest BCUT2D eigenvalue weighted by atomic mass is 10.1. The van der Waals surface area contributed by atoms with Crippen molar-refractivity contribution in [3.63, 3.8) is 0 Å². The Labute approximate surface area is 154 Å². The van der Waals surface area contributed by atoms with Gasteiger partial charge in [0.15, 0.2) is 0 Å². The Kier molecular flexibility index (Phi) is 3.45. The van der Waals surface area contributed by atoms with Gasteiger partial charge in [0.05, 0.1) is 16.6 Å². The molecule has 7 nitrogen and oxygen atoms in total. The minimum absolute atomic E-state index is 0.0702. The second-order valence-electron chi connectivity index (χ2n) is 7.00. The number of H-pyrrole nitrogens is 2. The van der Waals surface area contributed by atoms with Crippen LogP contribution in [0.2, 0.25) is 0 Å². The number of aromatic hydroxyl groups is 1. The van der Waals surface area contributed by atoms with Crippen molar-refractivity contribution in [3.8, 4) is 17.1 Å². The molecule has 0 amide bonds. The number of benzene rings is 2. The zero-order valence-electron chi connectivity index (χ0n) is 14.6. The molecule has 7 heteroatoms. The topological polar surface area (TPSA) is 111 Å². The Morgan fingerprint density at radius 2 is 2.00 bits per heavy atom. The van der Waals surface area contributed by atoms with Gasteiger partial charge >= 0.3 is 0 Å². The minimum Gasteiger partial charge on any atom is -0.506 e. The van der Waals surface area contributed by atoms with Crippen LogP contribution in [0, 0.1) is 0 Å². The predicted octanol–water partition coefficient (Wildman–Crippen LogP) is 2.31. The van der Waals surface area contributed by atoms with E-state index in [0.717, 1.165) is 36.2 Å². The Morgan fingerprint density at radius 1 is 1.15 bits per heavy atom. The second kappa shape index (κ2) is 5.85. The van der Waals surface area contributed by atoms with Gasteiger partial charge in [0.2, 0.25) is 0 Å². The van der Waals surface area contributed by atoms with Crippen LogP contribution in [0.25, 0.3) is 33.3 Å². The van der Waals surface area contributed by atoms with Gasteiger partial charge in [0.1, 0.15) is 17.1 Å². The number of nitrogens with one attached hydrogen (secondary N) is 2. The van der Waals surface area contributed by atoms with Crippen LogP contribution in [0.5, 0.6) is 5.75 Å². The number of rotatable bonds is 2. The highest BCUT2D eigenvalue weighted by Crippen LogP contribution is 2.32. The number of para-hydroxylation sites is 1. The molecule has 27 heavy (non-hydrogen) atoms. The molecule has 3 heterocycles. The number of hydrogen-bond donors (Lipinski definition) is 4. The first-order valence-electron chi connectivity index (χ1n) is 8.95. The van der Waals surface area contributed by atoms with Crippen LogP contribution < -0.4 is 16.2 Å². The van der Waals surface area contributed by atoms with E-state index in [0.29, 0.717) is 16.7 Å². The number of imidazole rings is 1. The molecule has 1 atom stereocenters. The molecule has 0 aliphatic carbocycles. The molecular weight excluding hydrogens is 342 g/mol. The molecule has 2 aromatic carbocycles. The van der Waals surface area contributed by atoms with E-state index >= 15 is 0 Å². The van der Waals surface area contributed by atoms with Crippen molar-refractivity contribution in [1.29, 1.82) is 0 Å². The average molecular weight is 361 g/mol. The van der Waals surface area contributed by atoms with Gasteiger partial charge in [-0.3, -0.25) is 4.79 Å². The number of nitrogens with two attached hydrogens (primary N) is 1. The van der Waals surface area contributed by atoms with E-state index in [2.05, 4.69) is 19.9 Å². The number of hydrogen-bond acceptors (Lipinski definition) is 5. The molecule has 1 aliphatic heterocycles. The molecule has 1 fully saturated rings. The maximum atomic E-state index is 12.5. The Morgan fingerprint density at radius 3 is 2.81 bits per heavy atom. The molecule has 1 aliphatic rings. The predicted molar refractivity (Wildman–Crippen MR) is 106 cm³/mol. The Balaban J connectivity index is 1.64. The number of fused-ring (bicyclic) bond motifs is 2. The van der Waals surface area contributed by atoms with E-state index in [1.165, 1.54) is 0 Å². The van der Waals surface area contributed by atoms with Gasteiger partial charge in [-0.15, -0.1) is 0 Å². The van der Waals surface area contributed by atoms with Crippen LogP contribution in [0.15, 0.2) is 47.3 Å². The third-order valence-corrected chi connectivity index (χ3v) is 5.19. The van der Waals surface area contributed by atoms with Crippen LogP contribution in [-0.4, -0.2) is 39.2 Å². The number of aromatic amines is 2. The number of nitrogens with zero attached hydrogens (tertiary/aromatic N) is 2. The Hall–Kier alpha value is -3.32. The van der Waals surface area contributed by atoms with Crippen LogP contribution >= 0.6 is 0 Å². The van der Waals surface area contributed by atoms with Crippen molar-refractivity contribution >= 4 is 27.6 Å². The van der Waals surface area contributed by atoms with Crippen molar-refractivity contribution in [2.24, 2.45) is 5.73 Å². The summed E-state index contributed by atoms with van der Waals surface area (Å²) in [6, 6.07) is 13.3. The number of pyridine rings is 1. The van der Waals surface area contributed by atoms with Gasteiger partial charge in [-0.1, -0.05) is 12.1 Å². The average Bonchev–Trinajstić information content (AvgIpc) is 3.27. The lowest BCUT2D eigenvalue weighted by molar-refractivity contribution is 0.482. The molecule has 1 saturated heterocycles. The van der Waals surface area contributed by atoms with E-state index in [4.69, 9.17) is 5.73 Å². The summed E-state index contributed by atoms with van der Waals surface area (Å²) in [5, 5.41) is 11.2. The zero-order chi connectivity index (χ0) is 18.5. The normalized spacial score (nSPS) is 17.2. The molecule has 136 valence electrons. The van der Waals surface area contributed by atoms with Gasteiger partial charge in [-0.25, -0.2) is 4.98 Å². The fraction of sp³-hybridized carbons (Fsp3) is 0.200. The van der Waals surface area contributed by atoms with E-state index in [-0.39, 0.29) is 22.9 Å². The van der Waals surface area contributed by atoms with Gasteiger partial charge in [-0.2, -0.15) is 0 Å². The van der Waals surface area contributed by atoms with Crippen molar-refractivity contribution in [1.82, 2.24) is 15.0 Å². The van der Waals surface area contributed by atoms with E-state index < -0.39 is 0 Å². The van der Waals surface area contributed by atoms with Crippen molar-refractivity contribution in [3.05, 3.63) is 52.8 Å². The largest absolute Gasteiger partial charge is 0.506 e. The van der Waals surface area contributed by atoms with Crippen molar-refractivity contribution < 1.29 is 5.11 Å². The third kappa shape index (κ3) is 2.55. The van der Waals surface area contributed by atoms with E-state index in [1.807, 2.05) is 30.3 Å². The van der Waals surface area contributed by atoms with E-state index in [9.17, 15) is 9.90 Å². The monoisotopic (exact) mass is 361 g/mol. The molecular formula is C20H19N5O2. The molecule has 5 rings (SSSR count). The fourth-order valence-corrected chi connectivity index (χ4v) is 3.78. The highest BCUT2D eigenvalue weighted by atomic mass is 16.3. The maximum Gasteiger partial charge on any atom is 0.263 e. The summed E-state index contributed by atoms with van der Waals surface area (Å²) in [7, 11) is 0. The van der Waals surface area contributed by atoms with E-state index in [1.54, 1.807) is 12.1 Å². The summed E-state index contributed by atoms with van der Waals surface area (Å²) in [4.78, 5) is 25.3. The highest BCUT2D eigenvalue weighted by Gasteiger charge is 2.21. The molecule has 4 aromatic rings. The lowest BCUT2D eigenvalue weighted by Crippen LogP contribution is -2.26. The van der Waals surface area contributed by atoms with Crippen molar-refractivity contribution in [2.75, 3.05) is 18.0 Å². The van der Waals surface area contributed by atoms with Crippen LogP contribution in [-0.2, 0) is 0 Å². The standard InChI is InChI=1S/C20H19N5O2/c21-11-7-8-25(10-11)12-5-6-15-16(9-12)23-19(22-15)17-18(26)13-3-1-2-4-14(13)24-20(17)27/h1-6,9,11H,7-8,10,21H2,(H,22,23)(H2,24,26,27). The number of anilines is 1. The minimum atomic E-state index is -0.379. The molecule has 1 unspecified atom stereocenters. The van der Waals surface area contributed by atoms with Gasteiger partial charge in [0.25, 0.3) is 5.56 Å². The summed E-state index contributed by atoms with van der Waals surface area (Å²) < 4.78 is 0. The molecule has 0 spiro atoms. The van der Waals surface area contributed by atoms with Gasteiger partial charge < -0.3 is 25.7 Å². The SMILES string of the molecule is NC1CCN(c2ccc3[nH]c(-c4c(O)c5ccccc5[nH]c4=O)nc3c2)C1. The molecule has 0 bridgehead atoms. The third-order valence-electron chi connectivity index (χ3n) is 5.19. The highest BCUT2D eigenvalue weighted by molar-refractivity contribution is 5.92. The van der Waals surface area contributed by atoms with Gasteiger partial charge in [0, 0.05) is 30.2 Å². The summed E-state index contributed by atoms with van der Waals surface area (Å²) >= 11 is 0. The first-order valence-corrected chi connectivity index (χ1v) is 8.95. The second-order valence-corrected chi connectivity index (χ2v) is 7.00. The molecule has 5 N–H and O–H groups in total. The lowest BCUT2D eigenvalue weighted by Gasteiger charge is -2.17. The fourth-order valence-electron chi connectivity index (χ4n) is 3.78. The van der Waals surface area contributed by atoms with Gasteiger partial charge in [-0.05, 0) is 36.8 Å². The smallest absolute Gasteiger partial charge is 0.263 e. The van der Waals surface area contributed by atoms with Crippen LogP contribution in [0.3, 0.4) is 0 Å². The molecule has 0 saturated carbocycles. The van der Waals surface area contributed by atoms with Crippen LogP contribution in [0.1, 0.15) is 6.42 Å². The first-order chi connectivity index (χ1) is 13.1.